The average Bonchev–Trinajstić information content (AvgIpc) is 3.47. The molecule has 2 amide bonds. The molecule has 264 valence electrons. The molecule has 1 saturated heterocycles. The highest BCUT2D eigenvalue weighted by atomic mass is 16.5. The first-order valence-electron chi connectivity index (χ1n) is 16.1. The summed E-state index contributed by atoms with van der Waals surface area (Å²) in [5.74, 6) is -2.49. The lowest BCUT2D eigenvalue weighted by molar-refractivity contribution is -0.119. The molecule has 13 heteroatoms. The van der Waals surface area contributed by atoms with Gasteiger partial charge in [0, 0.05) is 50.2 Å². The van der Waals surface area contributed by atoms with Crippen LogP contribution in [0, 0.1) is 0 Å². The van der Waals surface area contributed by atoms with Crippen molar-refractivity contribution in [2.45, 2.75) is 0 Å². The second-order valence-corrected chi connectivity index (χ2v) is 12.0. The maximum Gasteiger partial charge on any atom is 0.339 e. The molecule has 13 nitrogen and oxygen atoms in total. The molecular weight excluding hydrogens is 654 g/mol. The molecular formula is C38H39N5O8. The minimum Gasteiger partial charge on any atom is -0.508 e. The quantitative estimate of drug-likeness (QED) is 0.101. The van der Waals surface area contributed by atoms with Gasteiger partial charge in [-0.05, 0) is 67.2 Å². The number of aromatic hydroxyl groups is 2. The highest BCUT2D eigenvalue weighted by molar-refractivity contribution is 6.37. The van der Waals surface area contributed by atoms with E-state index in [0.29, 0.717) is 34.6 Å². The molecule has 4 aromatic rings. The van der Waals surface area contributed by atoms with Crippen LogP contribution in [0.4, 0.5) is 17.1 Å². The van der Waals surface area contributed by atoms with Gasteiger partial charge in [0.25, 0.3) is 5.91 Å². The molecule has 4 aromatic carbocycles. The molecule has 0 atom stereocenters. The van der Waals surface area contributed by atoms with E-state index < -0.39 is 11.9 Å². The van der Waals surface area contributed by atoms with E-state index in [9.17, 15) is 19.2 Å². The van der Waals surface area contributed by atoms with E-state index in [1.807, 2.05) is 54.6 Å². The van der Waals surface area contributed by atoms with Gasteiger partial charge in [-0.15, -0.1) is 0 Å². The third-order valence-corrected chi connectivity index (χ3v) is 8.56. The number of phenols is 2. The van der Waals surface area contributed by atoms with Crippen molar-refractivity contribution in [3.05, 3.63) is 113 Å². The number of esters is 1. The zero-order chi connectivity index (χ0) is 36.7. The zero-order valence-corrected chi connectivity index (χ0v) is 28.4. The van der Waals surface area contributed by atoms with Crippen molar-refractivity contribution in [2.24, 2.45) is 0 Å². The Hall–Kier alpha value is -6.18. The summed E-state index contributed by atoms with van der Waals surface area (Å²) in [6, 6.07) is 25.5. The van der Waals surface area contributed by atoms with Gasteiger partial charge in [-0.2, -0.15) is 0 Å². The molecule has 2 aliphatic heterocycles. The Labute approximate surface area is 295 Å². The first kappa shape index (κ1) is 36.1. The second-order valence-electron chi connectivity index (χ2n) is 12.0. The molecule has 6 rings (SSSR count). The number of methoxy groups -OCH3 is 1. The van der Waals surface area contributed by atoms with E-state index in [0.717, 1.165) is 55.2 Å². The lowest BCUT2D eigenvalue weighted by Gasteiger charge is -2.32. The number of carboxylic acids is 1. The van der Waals surface area contributed by atoms with Crippen LogP contribution in [0.5, 0.6) is 11.5 Å². The number of aromatic carboxylic acids is 1. The summed E-state index contributed by atoms with van der Waals surface area (Å²) in [6.07, 6.45) is 0. The van der Waals surface area contributed by atoms with Crippen LogP contribution in [-0.2, 0) is 14.3 Å². The Morgan fingerprint density at radius 2 is 1.57 bits per heavy atom. The molecule has 2 heterocycles. The highest BCUT2D eigenvalue weighted by Gasteiger charge is 2.29. The van der Waals surface area contributed by atoms with Crippen LogP contribution in [0.2, 0.25) is 0 Å². The molecule has 0 unspecified atom stereocenters. The van der Waals surface area contributed by atoms with Gasteiger partial charge >= 0.3 is 11.9 Å². The maximum atomic E-state index is 13.2. The molecule has 0 aliphatic carbocycles. The zero-order valence-electron chi connectivity index (χ0n) is 28.4. The van der Waals surface area contributed by atoms with Crippen LogP contribution < -0.4 is 15.5 Å². The van der Waals surface area contributed by atoms with Crippen molar-refractivity contribution >= 4 is 52.1 Å². The lowest BCUT2D eigenvalue weighted by Crippen LogP contribution is -2.48. The summed E-state index contributed by atoms with van der Waals surface area (Å²) < 4.78 is 4.82. The van der Waals surface area contributed by atoms with Crippen molar-refractivity contribution in [3.63, 3.8) is 0 Å². The molecule has 0 spiro atoms. The third-order valence-electron chi connectivity index (χ3n) is 8.56. The van der Waals surface area contributed by atoms with Crippen LogP contribution in [0.25, 0.3) is 11.3 Å². The van der Waals surface area contributed by atoms with Gasteiger partial charge in [0.1, 0.15) is 17.1 Å². The van der Waals surface area contributed by atoms with Crippen LogP contribution in [0.15, 0.2) is 91.0 Å². The summed E-state index contributed by atoms with van der Waals surface area (Å²) in [7, 11) is 5.21. The Bertz CT molecular complexity index is 1960. The first-order chi connectivity index (χ1) is 24.4. The number of carbonyl (C=O) groups is 4. The van der Waals surface area contributed by atoms with Crippen LogP contribution in [0.1, 0.15) is 31.8 Å². The van der Waals surface area contributed by atoms with Gasteiger partial charge in [0.05, 0.1) is 36.2 Å². The predicted octanol–water partition coefficient (Wildman–Crippen LogP) is 4.41. The van der Waals surface area contributed by atoms with E-state index in [1.54, 1.807) is 30.1 Å². The Kier molecular flexibility index (Phi) is 11.3. The fourth-order valence-corrected chi connectivity index (χ4v) is 5.61. The summed E-state index contributed by atoms with van der Waals surface area (Å²) in [6.45, 7) is 4.09. The number of nitrogens with zero attached hydrogens (tertiary/aromatic N) is 3. The van der Waals surface area contributed by atoms with Crippen molar-refractivity contribution in [3.8, 4) is 11.5 Å². The predicted molar refractivity (Wildman–Crippen MR) is 194 cm³/mol. The van der Waals surface area contributed by atoms with Crippen LogP contribution >= 0.6 is 0 Å². The largest absolute Gasteiger partial charge is 0.508 e. The number of rotatable bonds is 8. The van der Waals surface area contributed by atoms with Crippen molar-refractivity contribution in [1.82, 2.24) is 9.80 Å². The summed E-state index contributed by atoms with van der Waals surface area (Å²) in [4.78, 5) is 54.6. The van der Waals surface area contributed by atoms with Crippen molar-refractivity contribution < 1.29 is 39.2 Å². The van der Waals surface area contributed by atoms with Crippen molar-refractivity contribution in [2.75, 3.05) is 69.5 Å². The number of ether oxygens (including phenoxy) is 1. The molecule has 2 aliphatic rings. The molecule has 0 bridgehead atoms. The Morgan fingerprint density at radius 3 is 2.20 bits per heavy atom. The Morgan fingerprint density at radius 1 is 0.882 bits per heavy atom. The summed E-state index contributed by atoms with van der Waals surface area (Å²) in [5, 5.41) is 32.5. The number of carboxylic acid groups (broad SMARTS) is 1. The number of piperazine rings is 1. The van der Waals surface area contributed by atoms with Crippen LogP contribution in [0.3, 0.4) is 0 Å². The van der Waals surface area contributed by atoms with Gasteiger partial charge in [-0.1, -0.05) is 36.4 Å². The average molecular weight is 694 g/mol. The van der Waals surface area contributed by atoms with Crippen molar-refractivity contribution in [1.29, 1.82) is 0 Å². The van der Waals surface area contributed by atoms with Gasteiger partial charge in [-0.25, -0.2) is 9.59 Å². The minimum absolute atomic E-state index is 0.0444. The number of likely N-dealkylation sites (N-methyl/N-ethyl adjacent to an activating group) is 2. The van der Waals surface area contributed by atoms with E-state index in [1.165, 1.54) is 13.2 Å². The number of benzene rings is 4. The number of anilines is 3. The first-order valence-corrected chi connectivity index (χ1v) is 16.1. The molecule has 1 fully saturated rings. The number of hydrogen-bond acceptors (Lipinski definition) is 10. The fourth-order valence-electron chi connectivity index (χ4n) is 5.61. The van der Waals surface area contributed by atoms with Gasteiger partial charge in [-0.3, -0.25) is 14.5 Å². The molecule has 0 aromatic heterocycles. The van der Waals surface area contributed by atoms with E-state index in [2.05, 4.69) is 27.5 Å². The monoisotopic (exact) mass is 693 g/mol. The smallest absolute Gasteiger partial charge is 0.339 e. The number of nitrogens with one attached hydrogen (secondary N) is 2. The molecule has 51 heavy (non-hydrogen) atoms. The molecule has 5 N–H and O–H groups in total. The SMILES string of the molecule is COC(=O)c1ccc2c(c1)NC(=O)/C2=C(\Nc1ccc(N(C)C(=O)CN2CCN(C)CC2)cc1)c1ccccc1.O=C(O)c1cc(O)ccc1O. The van der Waals surface area contributed by atoms with E-state index in [-0.39, 0.29) is 28.9 Å². The number of carbonyl (C=O) groups excluding carboxylic acids is 3. The third kappa shape index (κ3) is 8.71. The van der Waals surface area contributed by atoms with Crippen LogP contribution in [-0.4, -0.2) is 103 Å². The van der Waals surface area contributed by atoms with Gasteiger partial charge < -0.3 is 40.5 Å². The molecule has 0 radical (unpaired) electrons. The number of hydrogen-bond donors (Lipinski definition) is 5. The van der Waals surface area contributed by atoms with Gasteiger partial charge in [0.15, 0.2) is 0 Å². The number of fused-ring (bicyclic) bond motifs is 1. The molecule has 0 saturated carbocycles. The highest BCUT2D eigenvalue weighted by Crippen LogP contribution is 2.38. The fraction of sp³-hybridized carbons (Fsp3) is 0.211. The maximum absolute atomic E-state index is 13.2. The normalized spacial score (nSPS) is 15.1. The van der Waals surface area contributed by atoms with E-state index in [4.69, 9.17) is 20.1 Å². The summed E-state index contributed by atoms with van der Waals surface area (Å²) in [5.41, 5.74) is 4.80. The Balaban J connectivity index is 0.000000392. The van der Waals surface area contributed by atoms with E-state index >= 15 is 0 Å². The summed E-state index contributed by atoms with van der Waals surface area (Å²) >= 11 is 0. The van der Waals surface area contributed by atoms with Gasteiger partial charge in [0.2, 0.25) is 5.91 Å². The number of phenolic OH excluding ortho intramolecular Hbond substituents is 1. The standard InChI is InChI=1S/C31H33N5O4.C7H6O4/c1-34-15-17-36(18-16-34)20-27(37)35(2)24-12-10-23(11-13-24)32-29(21-7-5-4-6-8-21)28-25-14-9-22(31(39)40-3)19-26(25)33-30(28)38;8-4-1-2-6(9)5(3-4)7(10)11/h4-14,19,32H,15-18,20H2,1-3H3,(H,33,38);1-3,8-9H,(H,10,11)/b29-28-;. The second kappa shape index (κ2) is 16.0. The topological polar surface area (TPSA) is 172 Å². The minimum atomic E-state index is -1.27. The number of amides is 2. The lowest BCUT2D eigenvalue weighted by atomic mass is 9.99.